The van der Waals surface area contributed by atoms with Crippen LogP contribution in [0.1, 0.15) is 24.4 Å². The summed E-state index contributed by atoms with van der Waals surface area (Å²) in [5, 5.41) is 18.4. The van der Waals surface area contributed by atoms with Crippen LogP contribution in [0.3, 0.4) is 0 Å². The van der Waals surface area contributed by atoms with Crippen LogP contribution in [0, 0.1) is 10.1 Å². The number of benzene rings is 1. The van der Waals surface area contributed by atoms with Gasteiger partial charge < -0.3 is 0 Å². The zero-order valence-corrected chi connectivity index (χ0v) is 10.4. The number of non-ortho nitro benzene ring substituents is 1. The summed E-state index contributed by atoms with van der Waals surface area (Å²) in [4.78, 5) is 10.2. The first-order valence-corrected chi connectivity index (χ1v) is 5.86. The standard InChI is InChI=1S/C11H11ClN4O2/c1-2-10(12)11-7-15(14-13-11)8-4-3-5-9(6-8)16(17)18/h3-7,10H,2H2,1H3. The molecule has 1 atom stereocenters. The summed E-state index contributed by atoms with van der Waals surface area (Å²) >= 11 is 6.05. The van der Waals surface area contributed by atoms with Crippen LogP contribution in [0.2, 0.25) is 0 Å². The van der Waals surface area contributed by atoms with Crippen LogP contribution in [-0.4, -0.2) is 19.9 Å². The molecule has 6 nitrogen and oxygen atoms in total. The molecule has 0 fully saturated rings. The lowest BCUT2D eigenvalue weighted by atomic mass is 10.2. The van der Waals surface area contributed by atoms with Gasteiger partial charge in [0.05, 0.1) is 22.2 Å². The number of hydrogen-bond donors (Lipinski definition) is 0. The Kier molecular flexibility index (Phi) is 3.57. The van der Waals surface area contributed by atoms with Crippen molar-refractivity contribution in [3.8, 4) is 5.69 Å². The van der Waals surface area contributed by atoms with Gasteiger partial charge in [-0.25, -0.2) is 4.68 Å². The Morgan fingerprint density at radius 3 is 3.00 bits per heavy atom. The van der Waals surface area contributed by atoms with Gasteiger partial charge in [0, 0.05) is 12.1 Å². The molecule has 1 unspecified atom stereocenters. The molecule has 1 heterocycles. The molecule has 0 spiro atoms. The molecule has 0 aliphatic heterocycles. The Bertz CT molecular complexity index is 570. The van der Waals surface area contributed by atoms with E-state index in [1.807, 2.05) is 6.92 Å². The van der Waals surface area contributed by atoms with Crippen LogP contribution in [0.25, 0.3) is 5.69 Å². The molecule has 0 saturated heterocycles. The van der Waals surface area contributed by atoms with E-state index in [-0.39, 0.29) is 11.1 Å². The molecule has 0 bridgehead atoms. The summed E-state index contributed by atoms with van der Waals surface area (Å²) < 4.78 is 1.48. The zero-order valence-electron chi connectivity index (χ0n) is 9.65. The van der Waals surface area contributed by atoms with Gasteiger partial charge in [-0.3, -0.25) is 10.1 Å². The molecule has 0 radical (unpaired) electrons. The van der Waals surface area contributed by atoms with E-state index in [1.165, 1.54) is 16.8 Å². The maximum atomic E-state index is 10.7. The number of hydrogen-bond acceptors (Lipinski definition) is 4. The maximum Gasteiger partial charge on any atom is 0.271 e. The van der Waals surface area contributed by atoms with Gasteiger partial charge >= 0.3 is 0 Å². The first-order valence-electron chi connectivity index (χ1n) is 5.43. The van der Waals surface area contributed by atoms with Crippen molar-refractivity contribution in [1.29, 1.82) is 0 Å². The first kappa shape index (κ1) is 12.5. The topological polar surface area (TPSA) is 73.8 Å². The molecule has 94 valence electrons. The predicted octanol–water partition coefficient (Wildman–Crippen LogP) is 2.87. The fourth-order valence-corrected chi connectivity index (χ4v) is 1.60. The number of rotatable bonds is 4. The van der Waals surface area contributed by atoms with Gasteiger partial charge in [0.1, 0.15) is 5.69 Å². The van der Waals surface area contributed by atoms with Crippen LogP contribution in [-0.2, 0) is 0 Å². The lowest BCUT2D eigenvalue weighted by molar-refractivity contribution is -0.384. The molecule has 0 aliphatic rings. The van der Waals surface area contributed by atoms with Crippen molar-refractivity contribution in [2.45, 2.75) is 18.7 Å². The minimum absolute atomic E-state index is 0.0162. The fourth-order valence-electron chi connectivity index (χ4n) is 1.50. The molecule has 7 heteroatoms. The average molecular weight is 267 g/mol. The Morgan fingerprint density at radius 2 is 2.33 bits per heavy atom. The molecule has 1 aromatic heterocycles. The van der Waals surface area contributed by atoms with Crippen LogP contribution in [0.5, 0.6) is 0 Å². The van der Waals surface area contributed by atoms with Crippen molar-refractivity contribution in [3.05, 3.63) is 46.3 Å². The van der Waals surface area contributed by atoms with Gasteiger partial charge in [-0.2, -0.15) is 0 Å². The monoisotopic (exact) mass is 266 g/mol. The third-order valence-corrected chi connectivity index (χ3v) is 3.03. The van der Waals surface area contributed by atoms with Crippen molar-refractivity contribution in [1.82, 2.24) is 15.0 Å². The van der Waals surface area contributed by atoms with Crippen LogP contribution < -0.4 is 0 Å². The SMILES string of the molecule is CCC(Cl)c1cn(-c2cccc([N+](=O)[O-])c2)nn1. The summed E-state index contributed by atoms with van der Waals surface area (Å²) in [7, 11) is 0. The number of nitro benzene ring substituents is 1. The first-order chi connectivity index (χ1) is 8.61. The summed E-state index contributed by atoms with van der Waals surface area (Å²) in [5.41, 5.74) is 1.26. The maximum absolute atomic E-state index is 10.7. The minimum Gasteiger partial charge on any atom is -0.258 e. The van der Waals surface area contributed by atoms with E-state index < -0.39 is 4.92 Å². The van der Waals surface area contributed by atoms with Crippen molar-refractivity contribution in [2.75, 3.05) is 0 Å². The molecule has 2 rings (SSSR count). The summed E-state index contributed by atoms with van der Waals surface area (Å²) in [6, 6.07) is 6.19. The highest BCUT2D eigenvalue weighted by Crippen LogP contribution is 2.22. The second-order valence-corrected chi connectivity index (χ2v) is 4.27. The number of halogens is 1. The molecular weight excluding hydrogens is 256 g/mol. The number of nitrogens with zero attached hydrogens (tertiary/aromatic N) is 4. The van der Waals surface area contributed by atoms with Gasteiger partial charge in [-0.15, -0.1) is 16.7 Å². The number of alkyl halides is 1. The Balaban J connectivity index is 2.34. The van der Waals surface area contributed by atoms with E-state index in [2.05, 4.69) is 10.3 Å². The lowest BCUT2D eigenvalue weighted by Gasteiger charge is -2.00. The van der Waals surface area contributed by atoms with E-state index in [1.54, 1.807) is 18.3 Å². The molecule has 0 amide bonds. The molecule has 2 aromatic rings. The molecule has 0 N–H and O–H groups in total. The average Bonchev–Trinajstić information content (AvgIpc) is 2.87. The number of nitro groups is 1. The second-order valence-electron chi connectivity index (χ2n) is 3.74. The highest BCUT2D eigenvalue weighted by atomic mass is 35.5. The Labute approximate surface area is 108 Å². The molecule has 0 saturated carbocycles. The van der Waals surface area contributed by atoms with Crippen molar-refractivity contribution >= 4 is 17.3 Å². The van der Waals surface area contributed by atoms with Crippen molar-refractivity contribution in [3.63, 3.8) is 0 Å². The van der Waals surface area contributed by atoms with Gasteiger partial charge in [-0.05, 0) is 12.5 Å². The molecular formula is C11H11ClN4O2. The van der Waals surface area contributed by atoms with Crippen LogP contribution in [0.4, 0.5) is 5.69 Å². The van der Waals surface area contributed by atoms with Gasteiger partial charge in [0.15, 0.2) is 0 Å². The van der Waals surface area contributed by atoms with Crippen LogP contribution >= 0.6 is 11.6 Å². The largest absolute Gasteiger partial charge is 0.271 e. The van der Waals surface area contributed by atoms with Crippen LogP contribution in [0.15, 0.2) is 30.5 Å². The minimum atomic E-state index is -0.447. The third kappa shape index (κ3) is 2.48. The Hall–Kier alpha value is -1.95. The molecule has 0 aliphatic carbocycles. The second kappa shape index (κ2) is 5.14. The normalized spacial score (nSPS) is 12.3. The zero-order chi connectivity index (χ0) is 13.1. The summed E-state index contributed by atoms with van der Waals surface area (Å²) in [6.45, 7) is 1.95. The molecule has 18 heavy (non-hydrogen) atoms. The van der Waals surface area contributed by atoms with E-state index in [0.29, 0.717) is 11.4 Å². The smallest absolute Gasteiger partial charge is 0.258 e. The quantitative estimate of drug-likeness (QED) is 0.484. The highest BCUT2D eigenvalue weighted by molar-refractivity contribution is 6.20. The van der Waals surface area contributed by atoms with E-state index in [4.69, 9.17) is 11.6 Å². The van der Waals surface area contributed by atoms with Gasteiger partial charge in [0.25, 0.3) is 5.69 Å². The number of aromatic nitrogens is 3. The van der Waals surface area contributed by atoms with E-state index in [9.17, 15) is 10.1 Å². The van der Waals surface area contributed by atoms with E-state index in [0.717, 1.165) is 6.42 Å². The Morgan fingerprint density at radius 1 is 1.56 bits per heavy atom. The van der Waals surface area contributed by atoms with Gasteiger partial charge in [-0.1, -0.05) is 18.2 Å². The molecule has 1 aromatic carbocycles. The van der Waals surface area contributed by atoms with Crippen molar-refractivity contribution < 1.29 is 4.92 Å². The van der Waals surface area contributed by atoms with Gasteiger partial charge in [0.2, 0.25) is 0 Å². The summed E-state index contributed by atoms with van der Waals surface area (Å²) in [5.74, 6) is 0. The highest BCUT2D eigenvalue weighted by Gasteiger charge is 2.12. The third-order valence-electron chi connectivity index (χ3n) is 2.50. The van der Waals surface area contributed by atoms with E-state index >= 15 is 0 Å². The lowest BCUT2D eigenvalue weighted by Crippen LogP contribution is -1.96. The fraction of sp³-hybridized carbons (Fsp3) is 0.273. The van der Waals surface area contributed by atoms with Crippen molar-refractivity contribution in [2.24, 2.45) is 0 Å². The predicted molar refractivity (Wildman–Crippen MR) is 66.9 cm³/mol. The summed E-state index contributed by atoms with van der Waals surface area (Å²) in [6.07, 6.45) is 2.43.